The van der Waals surface area contributed by atoms with Gasteiger partial charge in [-0.25, -0.2) is 14.0 Å². The Kier molecular flexibility index (Phi) is 10.9. The highest BCUT2D eigenvalue weighted by Crippen LogP contribution is 2.44. The number of urea groups is 1. The Morgan fingerprint density at radius 3 is 2.68 bits per heavy atom. The van der Waals surface area contributed by atoms with Crippen LogP contribution in [0, 0.1) is 11.7 Å². The molecule has 3 amide bonds. The molecule has 1 aliphatic heterocycles. The summed E-state index contributed by atoms with van der Waals surface area (Å²) in [6.45, 7) is 4.44. The molecule has 1 heterocycles. The molecule has 1 aliphatic rings. The highest BCUT2D eigenvalue weighted by atomic mass is 19.1. The summed E-state index contributed by atoms with van der Waals surface area (Å²) < 4.78 is 20.2. The van der Waals surface area contributed by atoms with Gasteiger partial charge in [0, 0.05) is 44.2 Å². The van der Waals surface area contributed by atoms with Crippen LogP contribution in [-0.4, -0.2) is 69.0 Å². The van der Waals surface area contributed by atoms with Crippen molar-refractivity contribution in [3.8, 4) is 11.1 Å². The summed E-state index contributed by atoms with van der Waals surface area (Å²) in [5, 5.41) is 21.0. The largest absolute Gasteiger partial charge is 0.453 e. The van der Waals surface area contributed by atoms with Gasteiger partial charge in [-0.15, -0.1) is 0 Å². The first-order valence-electron chi connectivity index (χ1n) is 13.4. The van der Waals surface area contributed by atoms with Gasteiger partial charge in [0.05, 0.1) is 12.7 Å². The van der Waals surface area contributed by atoms with Crippen molar-refractivity contribution in [2.75, 3.05) is 46.9 Å². The summed E-state index contributed by atoms with van der Waals surface area (Å²) in [4.78, 5) is 26.2. The first kappa shape index (κ1) is 29.4. The van der Waals surface area contributed by atoms with Gasteiger partial charge in [0.1, 0.15) is 5.82 Å². The average Bonchev–Trinajstić information content (AvgIpc) is 2.95. The quantitative estimate of drug-likeness (QED) is 0.330. The number of aryl methyl sites for hydroxylation is 1. The van der Waals surface area contributed by atoms with Gasteiger partial charge in [0.25, 0.3) is 0 Å². The number of amides is 3. The maximum Gasteiger partial charge on any atom is 0.406 e. The van der Waals surface area contributed by atoms with E-state index >= 15 is 4.39 Å². The van der Waals surface area contributed by atoms with E-state index in [0.717, 1.165) is 18.4 Å². The predicted molar refractivity (Wildman–Crippen MR) is 146 cm³/mol. The van der Waals surface area contributed by atoms with E-state index in [4.69, 9.17) is 0 Å². The molecule has 3 rings (SSSR count). The lowest BCUT2D eigenvalue weighted by Gasteiger charge is -2.43. The molecule has 0 aliphatic carbocycles. The van der Waals surface area contributed by atoms with Gasteiger partial charge in [0.2, 0.25) is 0 Å². The van der Waals surface area contributed by atoms with Crippen molar-refractivity contribution in [2.45, 2.75) is 44.6 Å². The van der Waals surface area contributed by atoms with Crippen LogP contribution in [0.3, 0.4) is 0 Å². The zero-order valence-corrected chi connectivity index (χ0v) is 22.7. The molecule has 0 bridgehead atoms. The second-order valence-electron chi connectivity index (χ2n) is 9.78. The standard InChI is InChI=1S/C29H41FN4O4/c1-4-21-9-5-10-22(19-21)26-24(12-6-13-25(26)30)29(37,14-8-15-33-28(36)38-3)23-11-7-18-34(20-23)27(35)32-17-16-31-2/h5-6,9-10,12-13,19,23,31,37H,4,7-8,11,14-18,20H2,1-3H3,(H,32,35)(H,33,36). The predicted octanol–water partition coefficient (Wildman–Crippen LogP) is 4.02. The fraction of sp³-hybridized carbons (Fsp3) is 0.517. The molecule has 0 spiro atoms. The molecule has 4 N–H and O–H groups in total. The number of nitrogens with zero attached hydrogens (tertiary/aromatic N) is 1. The fourth-order valence-corrected chi connectivity index (χ4v) is 5.26. The van der Waals surface area contributed by atoms with E-state index in [1.54, 1.807) is 17.0 Å². The van der Waals surface area contributed by atoms with Gasteiger partial charge in [0.15, 0.2) is 0 Å². The molecule has 208 valence electrons. The van der Waals surface area contributed by atoms with Gasteiger partial charge < -0.3 is 30.7 Å². The minimum atomic E-state index is -1.43. The Labute approximate surface area is 224 Å². The fourth-order valence-electron chi connectivity index (χ4n) is 5.26. The monoisotopic (exact) mass is 528 g/mol. The minimum Gasteiger partial charge on any atom is -0.453 e. The number of aliphatic hydroxyl groups is 1. The number of likely N-dealkylation sites (N-methyl/N-ethyl adjacent to an activating group) is 1. The van der Waals surface area contributed by atoms with E-state index in [1.807, 2.05) is 38.2 Å². The van der Waals surface area contributed by atoms with Gasteiger partial charge in [-0.2, -0.15) is 0 Å². The van der Waals surface area contributed by atoms with Crippen LogP contribution < -0.4 is 16.0 Å². The van der Waals surface area contributed by atoms with Gasteiger partial charge in [-0.3, -0.25) is 0 Å². The van der Waals surface area contributed by atoms with Crippen molar-refractivity contribution in [1.82, 2.24) is 20.9 Å². The molecular formula is C29H41FN4O4. The molecule has 9 heteroatoms. The van der Waals surface area contributed by atoms with Crippen LogP contribution in [0.25, 0.3) is 11.1 Å². The van der Waals surface area contributed by atoms with Crippen LogP contribution in [0.1, 0.15) is 43.7 Å². The van der Waals surface area contributed by atoms with Crippen molar-refractivity contribution in [2.24, 2.45) is 5.92 Å². The van der Waals surface area contributed by atoms with Crippen molar-refractivity contribution in [3.05, 3.63) is 59.4 Å². The Bertz CT molecular complexity index is 1080. The van der Waals surface area contributed by atoms with Crippen molar-refractivity contribution in [1.29, 1.82) is 0 Å². The molecule has 0 saturated carbocycles. The number of benzene rings is 2. The van der Waals surface area contributed by atoms with E-state index in [1.165, 1.54) is 13.2 Å². The van der Waals surface area contributed by atoms with Gasteiger partial charge in [-0.05, 0) is 61.9 Å². The highest BCUT2D eigenvalue weighted by molar-refractivity contribution is 5.74. The molecule has 0 radical (unpaired) electrons. The minimum absolute atomic E-state index is 0.172. The maximum atomic E-state index is 15.5. The number of rotatable bonds is 11. The number of ether oxygens (including phenoxy) is 1. The van der Waals surface area contributed by atoms with Crippen LogP contribution in [0.4, 0.5) is 14.0 Å². The van der Waals surface area contributed by atoms with Gasteiger partial charge in [-0.1, -0.05) is 43.3 Å². The third kappa shape index (κ3) is 7.23. The molecule has 2 atom stereocenters. The van der Waals surface area contributed by atoms with E-state index < -0.39 is 17.5 Å². The normalized spacial score (nSPS) is 17.0. The number of alkyl carbamates (subject to hydrolysis) is 1. The van der Waals surface area contributed by atoms with Crippen LogP contribution in [-0.2, 0) is 16.8 Å². The number of carbonyl (C=O) groups is 2. The van der Waals surface area contributed by atoms with E-state index in [-0.39, 0.29) is 18.4 Å². The number of nitrogens with one attached hydrogen (secondary N) is 3. The number of hydrogen-bond donors (Lipinski definition) is 4. The molecule has 8 nitrogen and oxygen atoms in total. The molecule has 2 aromatic rings. The van der Waals surface area contributed by atoms with E-state index in [0.29, 0.717) is 62.3 Å². The molecule has 2 unspecified atom stereocenters. The Morgan fingerprint density at radius 2 is 1.95 bits per heavy atom. The summed E-state index contributed by atoms with van der Waals surface area (Å²) in [6, 6.07) is 12.4. The lowest BCUT2D eigenvalue weighted by Crippen LogP contribution is -2.51. The lowest BCUT2D eigenvalue weighted by atomic mass is 9.72. The molecule has 1 saturated heterocycles. The average molecular weight is 529 g/mol. The van der Waals surface area contributed by atoms with Crippen LogP contribution in [0.2, 0.25) is 0 Å². The summed E-state index contributed by atoms with van der Waals surface area (Å²) in [7, 11) is 3.12. The second-order valence-corrected chi connectivity index (χ2v) is 9.78. The van der Waals surface area contributed by atoms with Crippen LogP contribution in [0.15, 0.2) is 42.5 Å². The number of halogens is 1. The van der Waals surface area contributed by atoms with E-state index in [9.17, 15) is 14.7 Å². The number of piperidine rings is 1. The van der Waals surface area contributed by atoms with Crippen molar-refractivity contribution in [3.63, 3.8) is 0 Å². The van der Waals surface area contributed by atoms with E-state index in [2.05, 4.69) is 20.7 Å². The van der Waals surface area contributed by atoms with Crippen molar-refractivity contribution >= 4 is 12.1 Å². The first-order valence-corrected chi connectivity index (χ1v) is 13.4. The van der Waals surface area contributed by atoms with Crippen molar-refractivity contribution < 1.29 is 23.8 Å². The highest BCUT2D eigenvalue weighted by Gasteiger charge is 2.43. The summed E-state index contributed by atoms with van der Waals surface area (Å²) in [6.07, 6.45) is 2.40. The number of likely N-dealkylation sites (tertiary alicyclic amines) is 1. The third-order valence-corrected chi connectivity index (χ3v) is 7.33. The smallest absolute Gasteiger partial charge is 0.406 e. The molecule has 38 heavy (non-hydrogen) atoms. The molecule has 0 aromatic heterocycles. The Hall–Kier alpha value is -3.17. The zero-order valence-electron chi connectivity index (χ0n) is 22.7. The Balaban J connectivity index is 1.98. The van der Waals surface area contributed by atoms with Crippen LogP contribution >= 0.6 is 0 Å². The maximum absolute atomic E-state index is 15.5. The molecule has 1 fully saturated rings. The summed E-state index contributed by atoms with van der Waals surface area (Å²) in [5.74, 6) is -0.723. The van der Waals surface area contributed by atoms with Gasteiger partial charge >= 0.3 is 12.1 Å². The SMILES string of the molecule is CCc1cccc(-c2c(F)cccc2C(O)(CCCNC(=O)OC)C2CCCN(C(=O)NCCNC)C2)c1. The number of hydrogen-bond acceptors (Lipinski definition) is 5. The summed E-state index contributed by atoms with van der Waals surface area (Å²) >= 11 is 0. The second kappa shape index (κ2) is 14.1. The number of carbonyl (C=O) groups excluding carboxylic acids is 2. The number of methoxy groups -OCH3 is 1. The first-order chi connectivity index (χ1) is 18.3. The topological polar surface area (TPSA) is 103 Å². The molecular weight excluding hydrogens is 487 g/mol. The third-order valence-electron chi connectivity index (χ3n) is 7.33. The summed E-state index contributed by atoms with van der Waals surface area (Å²) in [5.41, 5.74) is 1.24. The lowest BCUT2D eigenvalue weighted by molar-refractivity contribution is -0.0548. The molecule has 2 aromatic carbocycles. The zero-order chi connectivity index (χ0) is 27.5. The van der Waals surface area contributed by atoms with Crippen LogP contribution in [0.5, 0.6) is 0 Å². The Morgan fingerprint density at radius 1 is 1.16 bits per heavy atom.